The van der Waals surface area contributed by atoms with E-state index in [-0.39, 0.29) is 5.56 Å². The Hall–Kier alpha value is -1.96. The van der Waals surface area contributed by atoms with E-state index < -0.39 is 31.2 Å². The van der Waals surface area contributed by atoms with Crippen LogP contribution in [0.4, 0.5) is 17.6 Å². The third-order valence-electron chi connectivity index (χ3n) is 2.68. The molecule has 0 bridgehead atoms. The minimum atomic E-state index is -4.41. The topological polar surface area (TPSA) is 41.9 Å². The molecule has 0 aromatic heterocycles. The molecular formula is C14H16F4N2O2. The Balaban J connectivity index is 2.84. The van der Waals surface area contributed by atoms with Gasteiger partial charge in [0.2, 0.25) is 0 Å². The van der Waals surface area contributed by atoms with E-state index in [1.807, 2.05) is 0 Å². The molecule has 0 aliphatic carbocycles. The standard InChI is InChI=1S/C14H16F4N2O2/c1-9(19-8-22-7-14(16,17)18)10-4-5-12(15)11(6-10)13(21)20(2)3/h4-6H,7-8H2,1-3H3/b19-9+. The number of amides is 1. The van der Waals surface area contributed by atoms with Gasteiger partial charge in [-0.2, -0.15) is 13.2 Å². The number of nitrogens with zero attached hydrogens (tertiary/aromatic N) is 2. The highest BCUT2D eigenvalue weighted by molar-refractivity contribution is 6.02. The number of ether oxygens (including phenoxy) is 1. The van der Waals surface area contributed by atoms with Gasteiger partial charge < -0.3 is 9.64 Å². The lowest BCUT2D eigenvalue weighted by atomic mass is 10.1. The van der Waals surface area contributed by atoms with Gasteiger partial charge in [0.25, 0.3) is 5.91 Å². The van der Waals surface area contributed by atoms with Crippen molar-refractivity contribution in [1.29, 1.82) is 0 Å². The van der Waals surface area contributed by atoms with Crippen molar-refractivity contribution in [1.82, 2.24) is 4.90 Å². The van der Waals surface area contributed by atoms with Gasteiger partial charge >= 0.3 is 6.18 Å². The summed E-state index contributed by atoms with van der Waals surface area (Å²) in [6.45, 7) is -0.328. The Morgan fingerprint density at radius 2 is 1.95 bits per heavy atom. The zero-order valence-electron chi connectivity index (χ0n) is 12.4. The summed E-state index contributed by atoms with van der Waals surface area (Å²) < 4.78 is 53.7. The van der Waals surface area contributed by atoms with Crippen LogP contribution in [-0.2, 0) is 4.74 Å². The van der Waals surface area contributed by atoms with Gasteiger partial charge in [0, 0.05) is 19.8 Å². The second kappa shape index (κ2) is 7.35. The van der Waals surface area contributed by atoms with E-state index in [9.17, 15) is 22.4 Å². The molecule has 1 rings (SSSR count). The minimum absolute atomic E-state index is 0.131. The number of benzene rings is 1. The molecule has 0 aliphatic rings. The summed E-state index contributed by atoms with van der Waals surface area (Å²) in [5.74, 6) is -1.19. The molecule has 0 aliphatic heterocycles. The van der Waals surface area contributed by atoms with Crippen LogP contribution in [0.15, 0.2) is 23.2 Å². The predicted octanol–water partition coefficient (Wildman–Crippen LogP) is 2.87. The summed E-state index contributed by atoms with van der Waals surface area (Å²) in [5, 5.41) is 0. The lowest BCUT2D eigenvalue weighted by Gasteiger charge is -2.12. The van der Waals surface area contributed by atoms with Crippen molar-refractivity contribution in [3.63, 3.8) is 0 Å². The van der Waals surface area contributed by atoms with Crippen molar-refractivity contribution in [2.45, 2.75) is 13.1 Å². The maximum absolute atomic E-state index is 13.6. The average molecular weight is 320 g/mol. The smallest absolute Gasteiger partial charge is 0.350 e. The summed E-state index contributed by atoms with van der Waals surface area (Å²) in [4.78, 5) is 16.9. The summed E-state index contributed by atoms with van der Waals surface area (Å²) in [6, 6.07) is 3.81. The first-order valence-electron chi connectivity index (χ1n) is 6.29. The van der Waals surface area contributed by atoms with Crippen LogP contribution in [0.5, 0.6) is 0 Å². The van der Waals surface area contributed by atoms with Crippen LogP contribution in [0.2, 0.25) is 0 Å². The molecule has 122 valence electrons. The number of alkyl halides is 3. The first-order chi connectivity index (χ1) is 10.1. The van der Waals surface area contributed by atoms with Crippen molar-refractivity contribution in [3.8, 4) is 0 Å². The van der Waals surface area contributed by atoms with Crippen molar-refractivity contribution in [2.24, 2.45) is 4.99 Å². The summed E-state index contributed by atoms with van der Waals surface area (Å²) in [7, 11) is 2.97. The summed E-state index contributed by atoms with van der Waals surface area (Å²) in [6.07, 6.45) is -4.41. The first kappa shape index (κ1) is 18.1. The van der Waals surface area contributed by atoms with Crippen LogP contribution in [0.25, 0.3) is 0 Å². The number of carbonyl (C=O) groups excluding carboxylic acids is 1. The van der Waals surface area contributed by atoms with E-state index in [1.54, 1.807) is 0 Å². The Bertz CT molecular complexity index is 568. The van der Waals surface area contributed by atoms with E-state index in [4.69, 9.17) is 0 Å². The molecule has 0 heterocycles. The maximum atomic E-state index is 13.6. The Morgan fingerprint density at radius 3 is 2.50 bits per heavy atom. The van der Waals surface area contributed by atoms with Gasteiger partial charge in [-0.15, -0.1) is 0 Å². The van der Waals surface area contributed by atoms with Crippen molar-refractivity contribution in [2.75, 3.05) is 27.4 Å². The molecule has 1 aromatic rings. The van der Waals surface area contributed by atoms with Gasteiger partial charge in [-0.1, -0.05) is 6.07 Å². The third kappa shape index (κ3) is 5.44. The number of aliphatic imine (C=N–C) groups is 1. The van der Waals surface area contributed by atoms with Crippen LogP contribution in [-0.4, -0.2) is 50.1 Å². The van der Waals surface area contributed by atoms with Crippen molar-refractivity contribution >= 4 is 11.6 Å². The molecule has 0 N–H and O–H groups in total. The van der Waals surface area contributed by atoms with Gasteiger partial charge in [0.05, 0.1) is 5.56 Å². The average Bonchev–Trinajstić information content (AvgIpc) is 2.42. The quantitative estimate of drug-likeness (QED) is 0.475. The van der Waals surface area contributed by atoms with Crippen LogP contribution >= 0.6 is 0 Å². The van der Waals surface area contributed by atoms with Gasteiger partial charge in [-0.05, 0) is 24.6 Å². The number of hydrogen-bond acceptors (Lipinski definition) is 3. The molecular weight excluding hydrogens is 304 g/mol. The molecule has 1 aromatic carbocycles. The minimum Gasteiger partial charge on any atom is -0.350 e. The molecule has 0 spiro atoms. The fourth-order valence-electron chi connectivity index (χ4n) is 1.55. The predicted molar refractivity (Wildman–Crippen MR) is 73.5 cm³/mol. The Kier molecular flexibility index (Phi) is 6.04. The van der Waals surface area contributed by atoms with Crippen LogP contribution in [0, 0.1) is 5.82 Å². The van der Waals surface area contributed by atoms with Gasteiger partial charge in [0.15, 0.2) is 0 Å². The number of halogens is 4. The molecule has 1 amide bonds. The second-order valence-corrected chi connectivity index (χ2v) is 4.73. The summed E-state index contributed by atoms with van der Waals surface area (Å²) in [5.41, 5.74) is 0.644. The van der Waals surface area contributed by atoms with Crippen LogP contribution in [0.1, 0.15) is 22.8 Å². The van der Waals surface area contributed by atoms with Gasteiger partial charge in [-0.3, -0.25) is 9.79 Å². The first-order valence-corrected chi connectivity index (χ1v) is 6.29. The van der Waals surface area contributed by atoms with E-state index in [1.165, 1.54) is 38.1 Å². The van der Waals surface area contributed by atoms with Gasteiger partial charge in [0.1, 0.15) is 19.2 Å². The molecule has 0 unspecified atom stereocenters. The Labute approximate surface area is 125 Å². The fourth-order valence-corrected chi connectivity index (χ4v) is 1.55. The molecule has 0 radical (unpaired) electrons. The monoisotopic (exact) mass is 320 g/mol. The largest absolute Gasteiger partial charge is 0.411 e. The molecule has 22 heavy (non-hydrogen) atoms. The molecule has 8 heteroatoms. The normalized spacial score (nSPS) is 12.4. The highest BCUT2D eigenvalue weighted by atomic mass is 19.4. The molecule has 0 saturated carbocycles. The maximum Gasteiger partial charge on any atom is 0.411 e. The second-order valence-electron chi connectivity index (χ2n) is 4.73. The zero-order chi connectivity index (χ0) is 16.9. The highest BCUT2D eigenvalue weighted by Crippen LogP contribution is 2.15. The highest BCUT2D eigenvalue weighted by Gasteiger charge is 2.27. The number of hydrogen-bond donors (Lipinski definition) is 0. The fraction of sp³-hybridized carbons (Fsp3) is 0.429. The number of rotatable bonds is 5. The molecule has 0 atom stereocenters. The molecule has 0 saturated heterocycles. The summed E-state index contributed by atoms with van der Waals surface area (Å²) >= 11 is 0. The van der Waals surface area contributed by atoms with Gasteiger partial charge in [-0.25, -0.2) is 4.39 Å². The Morgan fingerprint density at radius 1 is 1.32 bits per heavy atom. The lowest BCUT2D eigenvalue weighted by Crippen LogP contribution is -2.23. The van der Waals surface area contributed by atoms with E-state index in [0.717, 1.165) is 6.07 Å². The molecule has 0 fully saturated rings. The third-order valence-corrected chi connectivity index (χ3v) is 2.68. The van der Waals surface area contributed by atoms with E-state index >= 15 is 0 Å². The number of carbonyl (C=O) groups is 1. The SMILES string of the molecule is C/C(=N\COCC(F)(F)F)c1ccc(F)c(C(=O)N(C)C)c1. The molecule has 4 nitrogen and oxygen atoms in total. The zero-order valence-corrected chi connectivity index (χ0v) is 12.4. The van der Waals surface area contributed by atoms with Crippen molar-refractivity contribution in [3.05, 3.63) is 35.1 Å². The van der Waals surface area contributed by atoms with Crippen LogP contribution < -0.4 is 0 Å². The van der Waals surface area contributed by atoms with Crippen molar-refractivity contribution < 1.29 is 27.1 Å². The van der Waals surface area contributed by atoms with E-state index in [2.05, 4.69) is 9.73 Å². The van der Waals surface area contributed by atoms with E-state index in [0.29, 0.717) is 11.3 Å². The van der Waals surface area contributed by atoms with Crippen LogP contribution in [0.3, 0.4) is 0 Å². The lowest BCUT2D eigenvalue weighted by molar-refractivity contribution is -0.173.